The summed E-state index contributed by atoms with van der Waals surface area (Å²) in [4.78, 5) is 4.72. The molecule has 3 aromatic rings. The van der Waals surface area contributed by atoms with Crippen LogP contribution >= 0.6 is 0 Å². The van der Waals surface area contributed by atoms with Crippen LogP contribution in [0.1, 0.15) is 59.7 Å². The first-order valence-corrected chi connectivity index (χ1v) is 10.8. The zero-order chi connectivity index (χ0) is 21.7. The Labute approximate surface area is 180 Å². The summed E-state index contributed by atoms with van der Waals surface area (Å²) in [6.07, 6.45) is 5.44. The van der Waals surface area contributed by atoms with E-state index in [0.29, 0.717) is 0 Å². The number of nitrogens with two attached hydrogens (primary N) is 1. The van der Waals surface area contributed by atoms with Crippen molar-refractivity contribution in [3.63, 3.8) is 0 Å². The average Bonchev–Trinajstić information content (AvgIpc) is 2.74. The standard InChI is InChI=1S/C27H32N2O/c1-5-21-14-20(15-22(6-2)26(21)28)13-19-12-18(4)27(23(7-3)16-19)29-17-24-10-8-9-11-25(24)30/h8-12,14-17,30H,5-7,13,28H2,1-4H3/b29-17+. The molecule has 0 fully saturated rings. The summed E-state index contributed by atoms with van der Waals surface area (Å²) in [6, 6.07) is 16.3. The topological polar surface area (TPSA) is 58.6 Å². The van der Waals surface area contributed by atoms with Gasteiger partial charge in [-0.1, -0.05) is 57.2 Å². The second kappa shape index (κ2) is 9.62. The number of aliphatic imine (C=N–C) groups is 1. The van der Waals surface area contributed by atoms with Crippen LogP contribution in [0, 0.1) is 6.92 Å². The maximum absolute atomic E-state index is 10.00. The predicted molar refractivity (Wildman–Crippen MR) is 128 cm³/mol. The van der Waals surface area contributed by atoms with Crippen molar-refractivity contribution in [3.8, 4) is 5.75 Å². The normalized spacial score (nSPS) is 11.3. The molecule has 156 valence electrons. The molecule has 0 amide bonds. The van der Waals surface area contributed by atoms with Gasteiger partial charge in [0.15, 0.2) is 0 Å². The fourth-order valence-electron chi connectivity index (χ4n) is 3.99. The van der Waals surface area contributed by atoms with Crippen LogP contribution in [-0.2, 0) is 25.7 Å². The van der Waals surface area contributed by atoms with E-state index in [-0.39, 0.29) is 5.75 Å². The minimum Gasteiger partial charge on any atom is -0.507 e. The third-order valence-corrected chi connectivity index (χ3v) is 5.67. The Morgan fingerprint density at radius 3 is 2.03 bits per heavy atom. The van der Waals surface area contributed by atoms with Gasteiger partial charge in [-0.15, -0.1) is 0 Å². The molecule has 0 aliphatic rings. The van der Waals surface area contributed by atoms with Crippen molar-refractivity contribution in [2.24, 2.45) is 4.99 Å². The first-order chi connectivity index (χ1) is 14.5. The molecule has 0 bridgehead atoms. The molecule has 0 saturated carbocycles. The van der Waals surface area contributed by atoms with Gasteiger partial charge in [0, 0.05) is 17.5 Å². The number of hydrogen-bond donors (Lipinski definition) is 2. The highest BCUT2D eigenvalue weighted by Crippen LogP contribution is 2.29. The quantitative estimate of drug-likeness (QED) is 0.360. The number of hydrogen-bond acceptors (Lipinski definition) is 3. The van der Waals surface area contributed by atoms with E-state index in [2.05, 4.69) is 52.0 Å². The number of nitrogen functional groups attached to an aromatic ring is 1. The van der Waals surface area contributed by atoms with Crippen LogP contribution in [0.25, 0.3) is 0 Å². The van der Waals surface area contributed by atoms with Crippen molar-refractivity contribution in [2.75, 3.05) is 5.73 Å². The molecule has 3 N–H and O–H groups in total. The molecule has 3 rings (SSSR count). The van der Waals surface area contributed by atoms with Crippen molar-refractivity contribution in [3.05, 3.63) is 87.5 Å². The smallest absolute Gasteiger partial charge is 0.124 e. The van der Waals surface area contributed by atoms with Crippen LogP contribution in [0.5, 0.6) is 5.75 Å². The number of anilines is 1. The third kappa shape index (κ3) is 4.73. The highest BCUT2D eigenvalue weighted by molar-refractivity contribution is 5.86. The van der Waals surface area contributed by atoms with E-state index >= 15 is 0 Å². The second-order valence-corrected chi connectivity index (χ2v) is 7.80. The lowest BCUT2D eigenvalue weighted by Crippen LogP contribution is -2.02. The van der Waals surface area contributed by atoms with E-state index in [9.17, 15) is 5.11 Å². The van der Waals surface area contributed by atoms with Gasteiger partial charge >= 0.3 is 0 Å². The SMILES string of the molecule is CCc1cc(Cc2cc(C)c(/N=C/c3ccccc3O)c(CC)c2)cc(CC)c1N. The summed E-state index contributed by atoms with van der Waals surface area (Å²) in [6.45, 7) is 8.58. The van der Waals surface area contributed by atoms with Gasteiger partial charge in [0.25, 0.3) is 0 Å². The minimum absolute atomic E-state index is 0.246. The van der Waals surface area contributed by atoms with E-state index in [4.69, 9.17) is 10.7 Å². The molecule has 0 radical (unpaired) electrons. The number of benzene rings is 3. The number of nitrogens with zero attached hydrogens (tertiary/aromatic N) is 1. The zero-order valence-electron chi connectivity index (χ0n) is 18.5. The molecular formula is C27H32N2O. The molecule has 3 aromatic carbocycles. The van der Waals surface area contributed by atoms with Gasteiger partial charge in [-0.2, -0.15) is 0 Å². The predicted octanol–water partition coefficient (Wildman–Crippen LogP) is 6.31. The lowest BCUT2D eigenvalue weighted by molar-refractivity contribution is 0.474. The number of phenolic OH excluding ortho intramolecular Hbond substituents is 1. The Balaban J connectivity index is 1.94. The molecular weight excluding hydrogens is 368 g/mol. The molecule has 3 nitrogen and oxygen atoms in total. The Morgan fingerprint density at radius 1 is 0.867 bits per heavy atom. The van der Waals surface area contributed by atoms with Crippen LogP contribution < -0.4 is 5.73 Å². The largest absolute Gasteiger partial charge is 0.507 e. The van der Waals surface area contributed by atoms with Gasteiger partial charge in [0.2, 0.25) is 0 Å². The zero-order valence-corrected chi connectivity index (χ0v) is 18.5. The maximum atomic E-state index is 10.00. The number of aryl methyl sites for hydroxylation is 4. The van der Waals surface area contributed by atoms with Crippen LogP contribution in [0.2, 0.25) is 0 Å². The van der Waals surface area contributed by atoms with Gasteiger partial charge in [-0.05, 0) is 78.1 Å². The highest BCUT2D eigenvalue weighted by atomic mass is 16.3. The summed E-state index contributed by atoms with van der Waals surface area (Å²) < 4.78 is 0. The Morgan fingerprint density at radius 2 is 1.43 bits per heavy atom. The number of phenols is 1. The van der Waals surface area contributed by atoms with Crippen LogP contribution in [0.3, 0.4) is 0 Å². The number of rotatable bonds is 7. The fraction of sp³-hybridized carbons (Fsp3) is 0.296. The van der Waals surface area contributed by atoms with Crippen molar-refractivity contribution < 1.29 is 5.11 Å². The fourth-order valence-corrected chi connectivity index (χ4v) is 3.99. The second-order valence-electron chi connectivity index (χ2n) is 7.80. The molecule has 0 spiro atoms. The lowest BCUT2D eigenvalue weighted by Gasteiger charge is -2.14. The molecule has 0 unspecified atom stereocenters. The monoisotopic (exact) mass is 400 g/mol. The van der Waals surface area contributed by atoms with E-state index in [1.807, 2.05) is 18.2 Å². The number of aromatic hydroxyl groups is 1. The van der Waals surface area contributed by atoms with E-state index in [1.54, 1.807) is 12.3 Å². The van der Waals surface area contributed by atoms with Gasteiger partial charge in [-0.25, -0.2) is 0 Å². The van der Waals surface area contributed by atoms with Gasteiger partial charge in [0.05, 0.1) is 5.69 Å². The van der Waals surface area contributed by atoms with Crippen LogP contribution in [0.15, 0.2) is 53.5 Å². The minimum atomic E-state index is 0.246. The molecule has 30 heavy (non-hydrogen) atoms. The van der Waals surface area contributed by atoms with Gasteiger partial charge < -0.3 is 10.8 Å². The summed E-state index contributed by atoms with van der Waals surface area (Å²) in [5.74, 6) is 0.246. The van der Waals surface area contributed by atoms with Crippen molar-refractivity contribution >= 4 is 17.6 Å². The summed E-state index contributed by atoms with van der Waals surface area (Å²) in [7, 11) is 0. The summed E-state index contributed by atoms with van der Waals surface area (Å²) in [5.41, 5.74) is 16.4. The Bertz CT molecular complexity index is 1040. The van der Waals surface area contributed by atoms with E-state index in [1.165, 1.54) is 27.8 Å². The van der Waals surface area contributed by atoms with Crippen LogP contribution in [0.4, 0.5) is 11.4 Å². The van der Waals surface area contributed by atoms with Crippen molar-refractivity contribution in [1.29, 1.82) is 0 Å². The van der Waals surface area contributed by atoms with E-state index in [0.717, 1.165) is 48.2 Å². The van der Waals surface area contributed by atoms with Crippen molar-refractivity contribution in [2.45, 2.75) is 53.4 Å². The van der Waals surface area contributed by atoms with Crippen molar-refractivity contribution in [1.82, 2.24) is 0 Å². The molecule has 3 heteroatoms. The first kappa shape index (κ1) is 21.6. The number of para-hydroxylation sites is 1. The molecule has 0 aliphatic heterocycles. The highest BCUT2D eigenvalue weighted by Gasteiger charge is 2.10. The molecule has 0 atom stereocenters. The van der Waals surface area contributed by atoms with Gasteiger partial charge in [0.1, 0.15) is 5.75 Å². The first-order valence-electron chi connectivity index (χ1n) is 10.8. The summed E-state index contributed by atoms with van der Waals surface area (Å²) in [5, 5.41) is 10.00. The Kier molecular flexibility index (Phi) is 6.94. The van der Waals surface area contributed by atoms with E-state index < -0.39 is 0 Å². The Hall–Kier alpha value is -3.07. The van der Waals surface area contributed by atoms with Gasteiger partial charge in [-0.3, -0.25) is 4.99 Å². The lowest BCUT2D eigenvalue weighted by atomic mass is 9.93. The summed E-state index contributed by atoms with van der Waals surface area (Å²) >= 11 is 0. The average molecular weight is 401 g/mol. The maximum Gasteiger partial charge on any atom is 0.124 e. The van der Waals surface area contributed by atoms with Crippen LogP contribution in [-0.4, -0.2) is 11.3 Å². The molecule has 0 saturated heterocycles. The third-order valence-electron chi connectivity index (χ3n) is 5.67. The molecule has 0 aromatic heterocycles. The molecule has 0 heterocycles. The molecule has 0 aliphatic carbocycles.